The summed E-state index contributed by atoms with van der Waals surface area (Å²) in [6.45, 7) is 12.0. The number of hydrogen-bond donors (Lipinski definition) is 0. The minimum absolute atomic E-state index is 0. The van der Waals surface area contributed by atoms with E-state index in [9.17, 15) is 0 Å². The van der Waals surface area contributed by atoms with Crippen LogP contribution in [0.15, 0.2) is 60.7 Å². The van der Waals surface area contributed by atoms with Gasteiger partial charge in [0.15, 0.2) is 0 Å². The molecular weight excluding hydrogens is 329 g/mol. The molecule has 0 atom stereocenters. The van der Waals surface area contributed by atoms with Crippen molar-refractivity contribution in [2.24, 2.45) is 0 Å². The van der Waals surface area contributed by atoms with Crippen molar-refractivity contribution >= 4 is 0 Å². The Morgan fingerprint density at radius 1 is 0.524 bits per heavy atom. The molecule has 0 nitrogen and oxygen atoms in total. The predicted octanol–water partition coefficient (Wildman–Crippen LogP) is 6.80. The number of benzene rings is 2. The molecule has 0 aliphatic rings. The van der Waals surface area contributed by atoms with E-state index in [1.807, 2.05) is 41.5 Å². The third-order valence-electron chi connectivity index (χ3n) is 2.09. The van der Waals surface area contributed by atoms with E-state index in [2.05, 4.69) is 60.7 Å². The Hall–Kier alpha value is -0.456. The maximum absolute atomic E-state index is 2.16. The molecule has 0 fully saturated rings. The molecule has 0 bridgehead atoms. The summed E-state index contributed by atoms with van der Waals surface area (Å²) in [4.78, 5) is 0. The van der Waals surface area contributed by atoms with Gasteiger partial charge in [0, 0.05) is 32.7 Å². The molecule has 117 valence electrons. The van der Waals surface area contributed by atoms with Gasteiger partial charge in [0.25, 0.3) is 0 Å². The van der Waals surface area contributed by atoms with Crippen molar-refractivity contribution in [3.63, 3.8) is 0 Å². The molecule has 2 aromatic rings. The zero-order valence-electron chi connectivity index (χ0n) is 15.1. The second kappa shape index (κ2) is 24.6. The van der Waals surface area contributed by atoms with E-state index < -0.39 is 0 Å². The second-order valence-corrected chi connectivity index (χ2v) is 3.15. The van der Waals surface area contributed by atoms with Crippen molar-refractivity contribution in [1.29, 1.82) is 0 Å². The topological polar surface area (TPSA) is 0 Å². The first-order valence-corrected chi connectivity index (χ1v) is 7.53. The van der Waals surface area contributed by atoms with Crippen LogP contribution in [0.3, 0.4) is 0 Å². The molecule has 0 N–H and O–H groups in total. The van der Waals surface area contributed by atoms with Gasteiger partial charge < -0.3 is 7.43 Å². The van der Waals surface area contributed by atoms with Crippen LogP contribution in [0.25, 0.3) is 0 Å². The van der Waals surface area contributed by atoms with Gasteiger partial charge >= 0.3 is 0 Å². The Morgan fingerprint density at radius 2 is 0.762 bits per heavy atom. The quantitative estimate of drug-likeness (QED) is 0.515. The van der Waals surface area contributed by atoms with Gasteiger partial charge in [-0.15, -0.1) is 0 Å². The summed E-state index contributed by atoms with van der Waals surface area (Å²) in [6.07, 6.45) is 1.03. The predicted molar refractivity (Wildman–Crippen MR) is 96.1 cm³/mol. The maximum Gasteiger partial charge on any atom is 0 e. The molecule has 0 saturated heterocycles. The summed E-state index contributed by atoms with van der Waals surface area (Å²) < 4.78 is 0. The van der Waals surface area contributed by atoms with E-state index in [4.69, 9.17) is 0 Å². The Labute approximate surface area is 159 Å². The molecule has 2 rings (SSSR count). The van der Waals surface area contributed by atoms with Crippen molar-refractivity contribution in [3.8, 4) is 0 Å². The van der Waals surface area contributed by atoms with Gasteiger partial charge in [-0.25, -0.2) is 0 Å². The zero-order valence-corrected chi connectivity index (χ0v) is 17.9. The molecule has 0 spiro atoms. The van der Waals surface area contributed by atoms with Gasteiger partial charge in [0.1, 0.15) is 0 Å². The van der Waals surface area contributed by atoms with Gasteiger partial charge in [0.05, 0.1) is 0 Å². The summed E-state index contributed by atoms with van der Waals surface area (Å²) in [5.74, 6) is 0. The van der Waals surface area contributed by atoms with Crippen LogP contribution in [-0.4, -0.2) is 0 Å². The molecule has 0 aliphatic heterocycles. The fourth-order valence-electron chi connectivity index (χ4n) is 1.43. The van der Waals surface area contributed by atoms with Crippen LogP contribution in [0, 0.1) is 7.43 Å². The van der Waals surface area contributed by atoms with Crippen LogP contribution in [0.4, 0.5) is 0 Å². The first kappa shape index (κ1) is 28.7. The van der Waals surface area contributed by atoms with Crippen LogP contribution >= 0.6 is 0 Å². The fourth-order valence-corrected chi connectivity index (χ4v) is 1.43. The second-order valence-electron chi connectivity index (χ2n) is 3.15. The van der Waals surface area contributed by atoms with Crippen molar-refractivity contribution < 1.29 is 32.7 Å². The summed E-state index contributed by atoms with van der Waals surface area (Å²) >= 11 is 0. The van der Waals surface area contributed by atoms with E-state index in [1.165, 1.54) is 11.1 Å². The van der Waals surface area contributed by atoms with E-state index in [0.29, 0.717) is 0 Å². The van der Waals surface area contributed by atoms with Crippen LogP contribution in [-0.2, 0) is 39.1 Å². The summed E-state index contributed by atoms with van der Waals surface area (Å²) in [6, 6.07) is 21.1. The molecule has 0 unspecified atom stereocenters. The van der Waals surface area contributed by atoms with Gasteiger partial charge in [0.2, 0.25) is 0 Å². The Morgan fingerprint density at radius 3 is 1.00 bits per heavy atom. The summed E-state index contributed by atoms with van der Waals surface area (Å²) in [5, 5.41) is 0. The Kier molecular flexibility index (Phi) is 33.5. The third kappa shape index (κ3) is 15.7. The van der Waals surface area contributed by atoms with Crippen LogP contribution in [0.5, 0.6) is 0 Å². The van der Waals surface area contributed by atoms with Crippen molar-refractivity contribution in [2.45, 2.75) is 48.0 Å². The maximum atomic E-state index is 2.16. The molecule has 0 aliphatic carbocycles. The van der Waals surface area contributed by atoms with Crippen LogP contribution in [0.2, 0.25) is 0 Å². The SMILES string of the molecule is CC.CC.CC.[CH3-].[Y].c1ccc(Cc2ccccc2)cc1. The monoisotopic (exact) mass is 362 g/mol. The minimum Gasteiger partial charge on any atom is -0.358 e. The van der Waals surface area contributed by atoms with E-state index in [-0.39, 0.29) is 40.1 Å². The molecular formula is C20H33Y-. The minimum atomic E-state index is 0. The third-order valence-corrected chi connectivity index (χ3v) is 2.09. The number of rotatable bonds is 2. The molecule has 0 saturated carbocycles. The number of hydrogen-bond acceptors (Lipinski definition) is 0. The summed E-state index contributed by atoms with van der Waals surface area (Å²) in [5.41, 5.74) is 2.74. The van der Waals surface area contributed by atoms with Crippen molar-refractivity contribution in [3.05, 3.63) is 79.2 Å². The molecule has 0 amide bonds. The van der Waals surface area contributed by atoms with Gasteiger partial charge in [-0.3, -0.25) is 0 Å². The van der Waals surface area contributed by atoms with Crippen molar-refractivity contribution in [2.75, 3.05) is 0 Å². The van der Waals surface area contributed by atoms with Crippen LogP contribution < -0.4 is 0 Å². The average Bonchev–Trinajstić information content (AvgIpc) is 2.55. The Bertz CT molecular complexity index is 317. The molecule has 1 radical (unpaired) electrons. The normalized spacial score (nSPS) is 6.95. The first-order chi connectivity index (χ1) is 9.45. The van der Waals surface area contributed by atoms with E-state index >= 15 is 0 Å². The van der Waals surface area contributed by atoms with Gasteiger partial charge in [-0.2, -0.15) is 0 Å². The molecule has 1 heteroatoms. The summed E-state index contributed by atoms with van der Waals surface area (Å²) in [7, 11) is 0. The van der Waals surface area contributed by atoms with E-state index in [0.717, 1.165) is 6.42 Å². The van der Waals surface area contributed by atoms with Crippen molar-refractivity contribution in [1.82, 2.24) is 0 Å². The fraction of sp³-hybridized carbons (Fsp3) is 0.350. The average molecular weight is 362 g/mol. The molecule has 21 heavy (non-hydrogen) atoms. The standard InChI is InChI=1S/C13H12.3C2H6.CH3.Y/c1-3-7-12(8-4-1)11-13-9-5-2-6-10-13;3*1-2;;/h1-10H,11H2;3*1-2H3;1H3;/q;;;;-1;. The molecule has 2 aromatic carbocycles. The first-order valence-electron chi connectivity index (χ1n) is 7.53. The smallest absolute Gasteiger partial charge is 0 e. The molecule has 0 aromatic heterocycles. The zero-order chi connectivity index (χ0) is 14.9. The van der Waals surface area contributed by atoms with E-state index in [1.54, 1.807) is 0 Å². The largest absolute Gasteiger partial charge is 0.358 e. The molecule has 0 heterocycles. The van der Waals surface area contributed by atoms with Crippen LogP contribution in [0.1, 0.15) is 52.7 Å². The van der Waals surface area contributed by atoms with Gasteiger partial charge in [-0.05, 0) is 17.5 Å². The van der Waals surface area contributed by atoms with Gasteiger partial charge in [-0.1, -0.05) is 102 Å². The Balaban J connectivity index is -0.000000162.